The number of hydrogen-bond acceptors (Lipinski definition) is 3. The first-order valence-electron chi connectivity index (χ1n) is 7.81. The lowest BCUT2D eigenvalue weighted by Crippen LogP contribution is -2.28. The minimum Gasteiger partial charge on any atom is -0.383 e. The molecule has 0 saturated heterocycles. The summed E-state index contributed by atoms with van der Waals surface area (Å²) >= 11 is 0. The van der Waals surface area contributed by atoms with Crippen LogP contribution < -0.4 is 10.6 Å². The van der Waals surface area contributed by atoms with Crippen molar-refractivity contribution in [1.82, 2.24) is 10.6 Å². The molecule has 0 fully saturated rings. The predicted molar refractivity (Wildman–Crippen MR) is 93.0 cm³/mol. The fourth-order valence-corrected chi connectivity index (χ4v) is 2.26. The predicted octanol–water partition coefficient (Wildman–Crippen LogP) is 2.30. The van der Waals surface area contributed by atoms with Gasteiger partial charge in [0.15, 0.2) is 0 Å². The molecule has 2 aromatic rings. The van der Waals surface area contributed by atoms with E-state index in [9.17, 15) is 9.59 Å². The van der Waals surface area contributed by atoms with Crippen LogP contribution in [0.4, 0.5) is 0 Å². The SMILES string of the molecule is COCCNC(=O)c1cccc(C(=O)NCc2ccccc2C)c1. The lowest BCUT2D eigenvalue weighted by molar-refractivity contribution is 0.0937. The molecule has 5 nitrogen and oxygen atoms in total. The molecule has 0 radical (unpaired) electrons. The van der Waals surface area contributed by atoms with E-state index >= 15 is 0 Å². The first-order valence-corrected chi connectivity index (χ1v) is 7.81. The molecule has 0 aromatic heterocycles. The zero-order chi connectivity index (χ0) is 17.4. The van der Waals surface area contributed by atoms with Crippen LogP contribution in [0.5, 0.6) is 0 Å². The Labute approximate surface area is 142 Å². The van der Waals surface area contributed by atoms with Crippen LogP contribution in [0.15, 0.2) is 48.5 Å². The monoisotopic (exact) mass is 326 g/mol. The zero-order valence-electron chi connectivity index (χ0n) is 14.0. The maximum atomic E-state index is 12.3. The topological polar surface area (TPSA) is 67.4 Å². The van der Waals surface area contributed by atoms with Crippen LogP contribution in [0.3, 0.4) is 0 Å². The molecule has 2 N–H and O–H groups in total. The quantitative estimate of drug-likeness (QED) is 0.767. The number of rotatable bonds is 7. The number of carbonyl (C=O) groups is 2. The van der Waals surface area contributed by atoms with E-state index in [4.69, 9.17) is 4.74 Å². The molecule has 0 aliphatic carbocycles. The largest absolute Gasteiger partial charge is 0.383 e. The Morgan fingerprint density at radius 3 is 2.29 bits per heavy atom. The zero-order valence-corrected chi connectivity index (χ0v) is 14.0. The van der Waals surface area contributed by atoms with Crippen LogP contribution in [0.1, 0.15) is 31.8 Å². The van der Waals surface area contributed by atoms with Crippen molar-refractivity contribution >= 4 is 11.8 Å². The van der Waals surface area contributed by atoms with Crippen LogP contribution in [-0.2, 0) is 11.3 Å². The second-order valence-electron chi connectivity index (χ2n) is 5.44. The van der Waals surface area contributed by atoms with Gasteiger partial charge in [0.1, 0.15) is 0 Å². The van der Waals surface area contributed by atoms with Crippen molar-refractivity contribution in [3.05, 3.63) is 70.8 Å². The average Bonchev–Trinajstić information content (AvgIpc) is 2.61. The molecule has 2 amide bonds. The minimum atomic E-state index is -0.222. The third kappa shape index (κ3) is 4.93. The van der Waals surface area contributed by atoms with Crippen molar-refractivity contribution in [2.24, 2.45) is 0 Å². The molecule has 24 heavy (non-hydrogen) atoms. The number of nitrogens with one attached hydrogen (secondary N) is 2. The highest BCUT2D eigenvalue weighted by Gasteiger charge is 2.10. The molecular weight excluding hydrogens is 304 g/mol. The van der Waals surface area contributed by atoms with Gasteiger partial charge in [-0.1, -0.05) is 30.3 Å². The summed E-state index contributed by atoms with van der Waals surface area (Å²) in [6.45, 7) is 3.34. The number of methoxy groups -OCH3 is 1. The van der Waals surface area contributed by atoms with E-state index in [0.717, 1.165) is 11.1 Å². The molecule has 0 bridgehead atoms. The molecule has 2 rings (SSSR count). The smallest absolute Gasteiger partial charge is 0.251 e. The third-order valence-corrected chi connectivity index (χ3v) is 3.68. The standard InChI is InChI=1S/C19H22N2O3/c1-14-6-3-4-7-17(14)13-21-19(23)16-9-5-8-15(12-16)18(22)20-10-11-24-2/h3-9,12H,10-11,13H2,1-2H3,(H,20,22)(H,21,23). The van der Waals surface area contributed by atoms with E-state index in [1.54, 1.807) is 31.4 Å². The van der Waals surface area contributed by atoms with E-state index in [2.05, 4.69) is 10.6 Å². The highest BCUT2D eigenvalue weighted by Crippen LogP contribution is 2.08. The average molecular weight is 326 g/mol. The fourth-order valence-electron chi connectivity index (χ4n) is 2.26. The van der Waals surface area contributed by atoms with E-state index in [1.165, 1.54) is 0 Å². The number of benzene rings is 2. The van der Waals surface area contributed by atoms with Gasteiger partial charge in [0, 0.05) is 31.3 Å². The van der Waals surface area contributed by atoms with E-state index in [1.807, 2.05) is 31.2 Å². The molecule has 0 atom stereocenters. The number of aryl methyl sites for hydroxylation is 1. The summed E-state index contributed by atoms with van der Waals surface area (Å²) in [5, 5.41) is 5.62. The van der Waals surface area contributed by atoms with Gasteiger partial charge < -0.3 is 15.4 Å². The molecule has 126 valence electrons. The third-order valence-electron chi connectivity index (χ3n) is 3.68. The Kier molecular flexibility index (Phi) is 6.51. The minimum absolute atomic E-state index is 0.204. The van der Waals surface area contributed by atoms with Crippen LogP contribution >= 0.6 is 0 Å². The van der Waals surface area contributed by atoms with E-state index in [0.29, 0.717) is 30.8 Å². The molecule has 0 aliphatic heterocycles. The van der Waals surface area contributed by atoms with Crippen molar-refractivity contribution in [3.63, 3.8) is 0 Å². The second-order valence-corrected chi connectivity index (χ2v) is 5.44. The van der Waals surface area contributed by atoms with Gasteiger partial charge in [-0.3, -0.25) is 9.59 Å². The summed E-state index contributed by atoms with van der Waals surface area (Å²) in [5.74, 6) is -0.426. The van der Waals surface area contributed by atoms with Crippen molar-refractivity contribution < 1.29 is 14.3 Å². The lowest BCUT2D eigenvalue weighted by Gasteiger charge is -2.09. The first-order chi connectivity index (χ1) is 11.6. The molecule has 5 heteroatoms. The van der Waals surface area contributed by atoms with Crippen LogP contribution in [-0.4, -0.2) is 32.1 Å². The van der Waals surface area contributed by atoms with Crippen LogP contribution in [0.25, 0.3) is 0 Å². The van der Waals surface area contributed by atoms with Gasteiger partial charge in [-0.25, -0.2) is 0 Å². The van der Waals surface area contributed by atoms with Crippen LogP contribution in [0.2, 0.25) is 0 Å². The number of ether oxygens (including phenoxy) is 1. The highest BCUT2D eigenvalue weighted by molar-refractivity contribution is 5.99. The van der Waals surface area contributed by atoms with Gasteiger partial charge in [0.05, 0.1) is 6.61 Å². The van der Waals surface area contributed by atoms with Crippen molar-refractivity contribution in [3.8, 4) is 0 Å². The second kappa shape index (κ2) is 8.84. The number of carbonyl (C=O) groups excluding carboxylic acids is 2. The summed E-state index contributed by atoms with van der Waals surface area (Å²) in [5.41, 5.74) is 3.11. The maximum absolute atomic E-state index is 12.3. The lowest BCUT2D eigenvalue weighted by atomic mass is 10.1. The normalized spacial score (nSPS) is 10.2. The van der Waals surface area contributed by atoms with Gasteiger partial charge in [-0.15, -0.1) is 0 Å². The highest BCUT2D eigenvalue weighted by atomic mass is 16.5. The molecule has 0 unspecified atom stereocenters. The van der Waals surface area contributed by atoms with Crippen molar-refractivity contribution in [1.29, 1.82) is 0 Å². The first kappa shape index (κ1) is 17.7. The molecular formula is C19H22N2O3. The summed E-state index contributed by atoms with van der Waals surface area (Å²) in [6.07, 6.45) is 0. The van der Waals surface area contributed by atoms with Gasteiger partial charge in [-0.2, -0.15) is 0 Å². The Balaban J connectivity index is 1.98. The van der Waals surface area contributed by atoms with E-state index < -0.39 is 0 Å². The van der Waals surface area contributed by atoms with E-state index in [-0.39, 0.29) is 11.8 Å². The molecule has 0 spiro atoms. The van der Waals surface area contributed by atoms with Gasteiger partial charge in [0.2, 0.25) is 0 Å². The number of hydrogen-bond donors (Lipinski definition) is 2. The Morgan fingerprint density at radius 1 is 0.958 bits per heavy atom. The molecule has 0 heterocycles. The Hall–Kier alpha value is -2.66. The molecule has 2 aromatic carbocycles. The summed E-state index contributed by atoms with van der Waals surface area (Å²) in [6, 6.07) is 14.6. The maximum Gasteiger partial charge on any atom is 0.251 e. The van der Waals surface area contributed by atoms with Crippen LogP contribution in [0, 0.1) is 6.92 Å². The summed E-state index contributed by atoms with van der Waals surface area (Å²) in [7, 11) is 1.57. The van der Waals surface area contributed by atoms with Gasteiger partial charge >= 0.3 is 0 Å². The molecule has 0 saturated carbocycles. The van der Waals surface area contributed by atoms with Crippen molar-refractivity contribution in [2.75, 3.05) is 20.3 Å². The van der Waals surface area contributed by atoms with Gasteiger partial charge in [0.25, 0.3) is 11.8 Å². The number of amides is 2. The van der Waals surface area contributed by atoms with Gasteiger partial charge in [-0.05, 0) is 36.2 Å². The van der Waals surface area contributed by atoms with Crippen molar-refractivity contribution in [2.45, 2.75) is 13.5 Å². The summed E-state index contributed by atoms with van der Waals surface area (Å²) < 4.78 is 4.89. The fraction of sp³-hybridized carbons (Fsp3) is 0.263. The Morgan fingerprint density at radius 2 is 1.62 bits per heavy atom. The summed E-state index contributed by atoms with van der Waals surface area (Å²) in [4.78, 5) is 24.3. The molecule has 0 aliphatic rings. The Bertz CT molecular complexity index is 713.